The normalized spacial score (nSPS) is 11.9. The van der Waals surface area contributed by atoms with Gasteiger partial charge < -0.3 is 15.0 Å². The van der Waals surface area contributed by atoms with E-state index in [4.69, 9.17) is 4.74 Å². The average molecular weight is 608 g/mol. The third kappa shape index (κ3) is 10.4. The van der Waals surface area contributed by atoms with Gasteiger partial charge in [0.2, 0.25) is 21.8 Å². The molecule has 43 heavy (non-hydrogen) atoms. The molecule has 0 saturated carbocycles. The Bertz CT molecular complexity index is 1410. The van der Waals surface area contributed by atoms with Crippen molar-refractivity contribution in [3.63, 3.8) is 0 Å². The highest BCUT2D eigenvalue weighted by molar-refractivity contribution is 7.92. The van der Waals surface area contributed by atoms with Crippen molar-refractivity contribution >= 4 is 27.5 Å². The average Bonchev–Trinajstić information content (AvgIpc) is 2.98. The molecule has 1 atom stereocenters. The van der Waals surface area contributed by atoms with Gasteiger partial charge in [-0.2, -0.15) is 0 Å². The van der Waals surface area contributed by atoms with Crippen molar-refractivity contribution in [3.05, 3.63) is 95.6 Å². The fourth-order valence-electron chi connectivity index (χ4n) is 4.87. The highest BCUT2D eigenvalue weighted by Crippen LogP contribution is 2.30. The monoisotopic (exact) mass is 607 g/mol. The van der Waals surface area contributed by atoms with Gasteiger partial charge in [0.15, 0.2) is 0 Å². The Kier molecular flexibility index (Phi) is 13.1. The van der Waals surface area contributed by atoms with Gasteiger partial charge in [0.1, 0.15) is 11.8 Å². The number of aryl methyl sites for hydroxylation is 1. The van der Waals surface area contributed by atoms with Gasteiger partial charge in [-0.3, -0.25) is 13.9 Å². The van der Waals surface area contributed by atoms with Crippen LogP contribution in [-0.2, 0) is 32.6 Å². The van der Waals surface area contributed by atoms with Crippen LogP contribution in [0.25, 0.3) is 0 Å². The van der Waals surface area contributed by atoms with Crippen LogP contribution < -0.4 is 14.4 Å². The Morgan fingerprint density at radius 1 is 0.884 bits per heavy atom. The number of para-hydroxylation sites is 2. The van der Waals surface area contributed by atoms with Gasteiger partial charge in [0.05, 0.1) is 18.6 Å². The summed E-state index contributed by atoms with van der Waals surface area (Å²) < 4.78 is 32.6. The minimum atomic E-state index is -3.65. The smallest absolute Gasteiger partial charge is 0.243 e. The van der Waals surface area contributed by atoms with Crippen LogP contribution in [0.2, 0.25) is 0 Å². The zero-order valence-electron chi connectivity index (χ0n) is 25.8. The fraction of sp³-hybridized carbons (Fsp3) is 0.412. The minimum absolute atomic E-state index is 0.0716. The highest BCUT2D eigenvalue weighted by atomic mass is 32.2. The molecule has 0 fully saturated rings. The number of anilines is 1. The van der Waals surface area contributed by atoms with Crippen LogP contribution in [0.4, 0.5) is 5.69 Å². The molecule has 0 aliphatic heterocycles. The first-order valence-electron chi connectivity index (χ1n) is 15.0. The molecule has 1 N–H and O–H groups in total. The van der Waals surface area contributed by atoms with Gasteiger partial charge in [0, 0.05) is 32.5 Å². The molecule has 0 aliphatic rings. The first-order valence-corrected chi connectivity index (χ1v) is 16.8. The molecule has 0 radical (unpaired) electrons. The van der Waals surface area contributed by atoms with Crippen molar-refractivity contribution in [2.75, 3.05) is 30.3 Å². The first kappa shape index (κ1) is 33.6. The van der Waals surface area contributed by atoms with E-state index in [0.29, 0.717) is 31.0 Å². The lowest BCUT2D eigenvalue weighted by Crippen LogP contribution is -2.50. The number of hydrogen-bond acceptors (Lipinski definition) is 5. The second-order valence-electron chi connectivity index (χ2n) is 10.7. The van der Waals surface area contributed by atoms with Gasteiger partial charge in [-0.1, -0.05) is 85.6 Å². The number of sulfonamides is 1. The van der Waals surface area contributed by atoms with E-state index in [0.717, 1.165) is 35.8 Å². The quantitative estimate of drug-likeness (QED) is 0.205. The van der Waals surface area contributed by atoms with Gasteiger partial charge in [-0.05, 0) is 49.9 Å². The number of unbranched alkanes of at least 4 members (excludes halogenated alkanes) is 1. The fourth-order valence-corrected chi connectivity index (χ4v) is 5.84. The maximum absolute atomic E-state index is 14.0. The van der Waals surface area contributed by atoms with E-state index in [1.165, 1.54) is 4.31 Å². The zero-order valence-corrected chi connectivity index (χ0v) is 26.6. The van der Waals surface area contributed by atoms with Gasteiger partial charge >= 0.3 is 0 Å². The first-order chi connectivity index (χ1) is 20.6. The summed E-state index contributed by atoms with van der Waals surface area (Å²) in [7, 11) is -3.65. The standard InChI is InChI=1S/C34H45N3O5S/c1-5-7-23-35-34(39)31(25-28-14-9-8-10-15-28)36(26-29-21-19-27(3)20-22-29)33(38)18-13-24-37(43(4,40)41)30-16-11-12-17-32(30)42-6-2/h8-12,14-17,19-22,31H,5-7,13,18,23-26H2,1-4H3,(H,35,39). The molecule has 1 unspecified atom stereocenters. The summed E-state index contributed by atoms with van der Waals surface area (Å²) in [5.74, 6) is 0.0642. The van der Waals surface area contributed by atoms with E-state index < -0.39 is 16.1 Å². The van der Waals surface area contributed by atoms with Crippen molar-refractivity contribution in [2.45, 2.75) is 65.5 Å². The van der Waals surface area contributed by atoms with E-state index in [2.05, 4.69) is 12.2 Å². The lowest BCUT2D eigenvalue weighted by atomic mass is 10.0. The molecule has 0 bridgehead atoms. The molecule has 2 amide bonds. The summed E-state index contributed by atoms with van der Waals surface area (Å²) in [4.78, 5) is 29.2. The van der Waals surface area contributed by atoms with Crippen molar-refractivity contribution in [3.8, 4) is 5.75 Å². The van der Waals surface area contributed by atoms with Crippen molar-refractivity contribution in [1.29, 1.82) is 0 Å². The summed E-state index contributed by atoms with van der Waals surface area (Å²) in [5.41, 5.74) is 3.42. The van der Waals surface area contributed by atoms with Gasteiger partial charge in [0.25, 0.3) is 0 Å². The number of nitrogens with zero attached hydrogens (tertiary/aromatic N) is 2. The molecular formula is C34H45N3O5S. The summed E-state index contributed by atoms with van der Waals surface area (Å²) in [6.07, 6.45) is 3.65. The Labute approximate surface area is 257 Å². The molecule has 0 aromatic heterocycles. The molecule has 232 valence electrons. The number of carbonyl (C=O) groups is 2. The summed E-state index contributed by atoms with van der Waals surface area (Å²) in [5, 5.41) is 3.03. The van der Waals surface area contributed by atoms with Crippen LogP contribution in [0.15, 0.2) is 78.9 Å². The maximum Gasteiger partial charge on any atom is 0.243 e. The molecule has 3 aromatic rings. The topological polar surface area (TPSA) is 96.0 Å². The van der Waals surface area contributed by atoms with E-state index in [9.17, 15) is 18.0 Å². The lowest BCUT2D eigenvalue weighted by molar-refractivity contribution is -0.141. The van der Waals surface area contributed by atoms with Crippen LogP contribution in [0.5, 0.6) is 5.75 Å². The van der Waals surface area contributed by atoms with E-state index >= 15 is 0 Å². The molecule has 0 heterocycles. The number of nitrogens with one attached hydrogen (secondary N) is 1. The molecule has 3 aromatic carbocycles. The van der Waals surface area contributed by atoms with E-state index in [-0.39, 0.29) is 37.7 Å². The molecule has 0 saturated heterocycles. The highest BCUT2D eigenvalue weighted by Gasteiger charge is 2.30. The molecule has 8 nitrogen and oxygen atoms in total. The van der Waals surface area contributed by atoms with Crippen molar-refractivity contribution < 1.29 is 22.7 Å². The van der Waals surface area contributed by atoms with Crippen LogP contribution in [-0.4, -0.2) is 57.1 Å². The van der Waals surface area contributed by atoms with E-state index in [1.54, 1.807) is 29.2 Å². The third-order valence-corrected chi connectivity index (χ3v) is 8.34. The maximum atomic E-state index is 14.0. The zero-order chi connectivity index (χ0) is 31.2. The predicted octanol–water partition coefficient (Wildman–Crippen LogP) is 5.50. The van der Waals surface area contributed by atoms with Crippen LogP contribution in [0.3, 0.4) is 0 Å². The Hall–Kier alpha value is -3.85. The van der Waals surface area contributed by atoms with Crippen LogP contribution in [0, 0.1) is 6.92 Å². The van der Waals surface area contributed by atoms with Crippen LogP contribution in [0.1, 0.15) is 56.2 Å². The minimum Gasteiger partial charge on any atom is -0.492 e. The largest absolute Gasteiger partial charge is 0.492 e. The van der Waals surface area contributed by atoms with Gasteiger partial charge in [-0.25, -0.2) is 8.42 Å². The molecule has 0 spiro atoms. The molecule has 9 heteroatoms. The lowest BCUT2D eigenvalue weighted by Gasteiger charge is -2.32. The molecular weight excluding hydrogens is 562 g/mol. The van der Waals surface area contributed by atoms with Crippen molar-refractivity contribution in [2.24, 2.45) is 0 Å². The number of benzene rings is 3. The van der Waals surface area contributed by atoms with Crippen LogP contribution >= 0.6 is 0 Å². The molecule has 3 rings (SSSR count). The SMILES string of the molecule is CCCCNC(=O)C(Cc1ccccc1)N(Cc1ccc(C)cc1)C(=O)CCCN(c1ccccc1OCC)S(C)(=O)=O. The number of rotatable bonds is 17. The number of carbonyl (C=O) groups excluding carboxylic acids is 2. The van der Waals surface area contributed by atoms with Gasteiger partial charge in [-0.15, -0.1) is 0 Å². The summed E-state index contributed by atoms with van der Waals surface area (Å²) >= 11 is 0. The predicted molar refractivity (Wildman–Crippen MR) is 173 cm³/mol. The Balaban J connectivity index is 1.88. The Morgan fingerprint density at radius 2 is 1.56 bits per heavy atom. The number of hydrogen-bond donors (Lipinski definition) is 1. The second kappa shape index (κ2) is 16.7. The second-order valence-corrected chi connectivity index (χ2v) is 12.6. The van der Waals surface area contributed by atoms with E-state index in [1.807, 2.05) is 68.4 Å². The summed E-state index contributed by atoms with van der Waals surface area (Å²) in [6.45, 7) is 7.20. The van der Waals surface area contributed by atoms with Crippen molar-refractivity contribution in [1.82, 2.24) is 10.2 Å². The summed E-state index contributed by atoms with van der Waals surface area (Å²) in [6, 6.07) is 23.9. The number of ether oxygens (including phenoxy) is 1. The Morgan fingerprint density at radius 3 is 2.21 bits per heavy atom. The molecule has 0 aliphatic carbocycles. The number of amides is 2. The third-order valence-electron chi connectivity index (χ3n) is 7.16.